The minimum absolute atomic E-state index is 0.0604. The summed E-state index contributed by atoms with van der Waals surface area (Å²) in [6.07, 6.45) is 4.22. The fourth-order valence-electron chi connectivity index (χ4n) is 4.53. The summed E-state index contributed by atoms with van der Waals surface area (Å²) in [6, 6.07) is 19.8. The first-order valence-corrected chi connectivity index (χ1v) is 22.0. The number of hydrogen-bond acceptors (Lipinski definition) is 3. The van der Waals surface area contributed by atoms with Crippen molar-refractivity contribution in [3.8, 4) is 0 Å². The van der Waals surface area contributed by atoms with Crippen LogP contribution in [-0.4, -0.2) is 35.0 Å². The Morgan fingerprint density at radius 1 is 0.821 bits per heavy atom. The van der Waals surface area contributed by atoms with E-state index in [0.29, 0.717) is 6.16 Å². The van der Waals surface area contributed by atoms with E-state index in [1.165, 1.54) is 0 Å². The van der Waals surface area contributed by atoms with Crippen molar-refractivity contribution in [1.82, 2.24) is 0 Å². The Hall–Kier alpha value is -1.50. The molecular weight excluding hydrogens is 532 g/mol. The Balaban J connectivity index is 2.01. The van der Waals surface area contributed by atoms with Gasteiger partial charge in [-0.1, -0.05) is 115 Å². The highest BCUT2D eigenvalue weighted by atomic mass is 31.2. The lowest BCUT2D eigenvalue weighted by Crippen LogP contribution is -2.49. The topological polar surface area (TPSA) is 35.5 Å². The summed E-state index contributed by atoms with van der Waals surface area (Å²) in [7, 11) is -6.90. The van der Waals surface area contributed by atoms with Crippen LogP contribution in [0.5, 0.6) is 0 Å². The summed E-state index contributed by atoms with van der Waals surface area (Å²) in [5, 5.41) is 1.99. The Morgan fingerprint density at radius 2 is 1.26 bits per heavy atom. The first kappa shape index (κ1) is 32.0. The van der Waals surface area contributed by atoms with Crippen molar-refractivity contribution in [2.75, 3.05) is 6.16 Å². The molecule has 2 aromatic rings. The zero-order valence-electron chi connectivity index (χ0n) is 26.0. The van der Waals surface area contributed by atoms with Crippen LogP contribution in [0, 0.1) is 0 Å². The predicted molar refractivity (Wildman–Crippen MR) is 175 cm³/mol. The van der Waals surface area contributed by atoms with Crippen molar-refractivity contribution < 1.29 is 13.4 Å². The Labute approximate surface area is 240 Å². The van der Waals surface area contributed by atoms with E-state index in [2.05, 4.69) is 80.4 Å². The maximum absolute atomic E-state index is 14.7. The smallest absolute Gasteiger partial charge is 0.192 e. The van der Waals surface area contributed by atoms with Gasteiger partial charge in [-0.15, -0.1) is 0 Å². The fraction of sp³-hybridized carbons (Fsp3) is 0.515. The molecule has 0 amide bonds. The second-order valence-corrected chi connectivity index (χ2v) is 26.5. The lowest BCUT2D eigenvalue weighted by atomic mass is 9.86. The molecule has 2 aromatic carbocycles. The molecule has 3 nitrogen and oxygen atoms in total. The van der Waals surface area contributed by atoms with Gasteiger partial charge in [-0.25, -0.2) is 0 Å². The first-order chi connectivity index (χ1) is 17.9. The lowest BCUT2D eigenvalue weighted by molar-refractivity contribution is 0.0969. The Morgan fingerprint density at radius 3 is 1.69 bits per heavy atom. The summed E-state index contributed by atoms with van der Waals surface area (Å²) in [5.41, 5.74) is 2.17. The number of benzene rings is 2. The van der Waals surface area contributed by atoms with Crippen LogP contribution >= 0.6 is 7.14 Å². The molecule has 1 saturated carbocycles. The van der Waals surface area contributed by atoms with E-state index in [-0.39, 0.29) is 22.3 Å². The van der Waals surface area contributed by atoms with E-state index in [4.69, 9.17) is 8.85 Å². The second-order valence-electron chi connectivity index (χ2n) is 14.2. The van der Waals surface area contributed by atoms with Gasteiger partial charge in [0, 0.05) is 23.2 Å². The zero-order valence-corrected chi connectivity index (χ0v) is 28.9. The van der Waals surface area contributed by atoms with Gasteiger partial charge in [0.25, 0.3) is 0 Å². The van der Waals surface area contributed by atoms with E-state index in [0.717, 1.165) is 34.6 Å². The minimum Gasteiger partial charge on any atom is -0.413 e. The third kappa shape index (κ3) is 7.43. The molecule has 6 heteroatoms. The van der Waals surface area contributed by atoms with Crippen molar-refractivity contribution in [3.05, 3.63) is 84.5 Å². The Bertz CT molecular complexity index is 1160. The van der Waals surface area contributed by atoms with Crippen molar-refractivity contribution in [3.63, 3.8) is 0 Å². The molecule has 1 aliphatic rings. The van der Waals surface area contributed by atoms with Crippen molar-refractivity contribution in [1.29, 1.82) is 0 Å². The van der Waals surface area contributed by atoms with Crippen LogP contribution in [-0.2, 0) is 13.4 Å². The number of allylic oxidation sites excluding steroid dienone is 1. The van der Waals surface area contributed by atoms with Crippen LogP contribution in [0.1, 0.15) is 54.4 Å². The molecule has 0 radical (unpaired) electrons. The van der Waals surface area contributed by atoms with E-state index in [9.17, 15) is 4.57 Å². The third-order valence-electron chi connectivity index (χ3n) is 9.18. The van der Waals surface area contributed by atoms with Gasteiger partial charge in [0.1, 0.15) is 7.14 Å². The van der Waals surface area contributed by atoms with Crippen LogP contribution in [0.2, 0.25) is 36.3 Å². The van der Waals surface area contributed by atoms with Gasteiger partial charge in [-0.3, -0.25) is 0 Å². The summed E-state index contributed by atoms with van der Waals surface area (Å²) in [5.74, 6) is 0. The molecule has 1 fully saturated rings. The zero-order chi connectivity index (χ0) is 29.3. The summed E-state index contributed by atoms with van der Waals surface area (Å²) in [6.45, 7) is 27.5. The van der Waals surface area contributed by atoms with Gasteiger partial charge >= 0.3 is 0 Å². The highest BCUT2D eigenvalue weighted by Gasteiger charge is 2.44. The molecule has 0 spiro atoms. The number of rotatable bonds is 8. The predicted octanol–water partition coefficient (Wildman–Crippen LogP) is 9.06. The maximum Gasteiger partial charge on any atom is 0.192 e. The molecule has 0 aliphatic heterocycles. The van der Waals surface area contributed by atoms with Gasteiger partial charge in [-0.2, -0.15) is 0 Å². The fourth-order valence-corrected chi connectivity index (χ4v) is 9.71. The van der Waals surface area contributed by atoms with Crippen LogP contribution in [0.15, 0.2) is 84.5 Å². The van der Waals surface area contributed by atoms with Gasteiger partial charge in [-0.05, 0) is 53.8 Å². The minimum atomic E-state index is -2.87. The summed E-state index contributed by atoms with van der Waals surface area (Å²) >= 11 is 0. The summed E-state index contributed by atoms with van der Waals surface area (Å²) in [4.78, 5) is 0. The van der Waals surface area contributed by atoms with Gasteiger partial charge in [0.2, 0.25) is 0 Å². The Kier molecular flexibility index (Phi) is 9.67. The molecule has 2 atom stereocenters. The molecule has 2 unspecified atom stereocenters. The van der Waals surface area contributed by atoms with E-state index in [1.807, 2.05) is 60.7 Å². The standard InChI is InChI=1S/C33H51O3PSi2/c1-26-27(22-23-37(34,29-18-14-12-15-19-29)30-20-16-13-17-21-30)24-28(35-38(8,9)32(2,3)4)25-31(26)36-39(10,11)33(5,6)7/h12-22,28,31H,1,23-25H2,2-11H3/b27-22-. The molecule has 0 aromatic heterocycles. The monoisotopic (exact) mass is 582 g/mol. The van der Waals surface area contributed by atoms with Crippen LogP contribution in [0.25, 0.3) is 0 Å². The third-order valence-corrected chi connectivity index (χ3v) is 21.2. The van der Waals surface area contributed by atoms with Crippen LogP contribution in [0.3, 0.4) is 0 Å². The molecular formula is C33H51O3PSi2. The van der Waals surface area contributed by atoms with Crippen LogP contribution < -0.4 is 10.6 Å². The molecule has 3 rings (SSSR count). The number of hydrogen-bond donors (Lipinski definition) is 0. The lowest BCUT2D eigenvalue weighted by Gasteiger charge is -2.45. The SMILES string of the molecule is C=C1/C(=C\CP(=O)(c2ccccc2)c2ccccc2)CC(O[Si](C)(C)C(C)(C)C)CC1O[Si](C)(C)C(C)(C)C. The quantitative estimate of drug-likeness (QED) is 0.230. The molecule has 214 valence electrons. The van der Waals surface area contributed by atoms with Gasteiger partial charge in [0.05, 0.1) is 12.2 Å². The van der Waals surface area contributed by atoms with Crippen molar-refractivity contribution in [2.24, 2.45) is 0 Å². The average Bonchev–Trinajstić information content (AvgIpc) is 2.84. The van der Waals surface area contributed by atoms with Crippen molar-refractivity contribution in [2.45, 2.75) is 103 Å². The molecule has 39 heavy (non-hydrogen) atoms. The molecule has 0 saturated heterocycles. The highest BCUT2D eigenvalue weighted by molar-refractivity contribution is 7.78. The van der Waals surface area contributed by atoms with Crippen molar-refractivity contribution >= 4 is 34.4 Å². The summed E-state index contributed by atoms with van der Waals surface area (Å²) < 4.78 is 28.7. The normalized spacial score (nSPS) is 20.9. The largest absolute Gasteiger partial charge is 0.413 e. The van der Waals surface area contributed by atoms with Crippen LogP contribution in [0.4, 0.5) is 0 Å². The second kappa shape index (κ2) is 11.8. The van der Waals surface area contributed by atoms with Gasteiger partial charge < -0.3 is 13.4 Å². The maximum atomic E-state index is 14.7. The molecule has 0 heterocycles. The highest BCUT2D eigenvalue weighted by Crippen LogP contribution is 2.47. The molecule has 0 N–H and O–H groups in total. The molecule has 0 bridgehead atoms. The average molecular weight is 583 g/mol. The van der Waals surface area contributed by atoms with Gasteiger partial charge in [0.15, 0.2) is 16.6 Å². The van der Waals surface area contributed by atoms with E-state index in [1.54, 1.807) is 0 Å². The van der Waals surface area contributed by atoms with E-state index < -0.39 is 23.8 Å². The first-order valence-electron chi connectivity index (χ1n) is 14.3. The van der Waals surface area contributed by atoms with E-state index >= 15 is 0 Å². The molecule has 1 aliphatic carbocycles.